The number of nitrogens with zero attached hydrogens (tertiary/aromatic N) is 2. The average Bonchev–Trinajstić information content (AvgIpc) is 2.62. The Kier molecular flexibility index (Phi) is 2.58. The molecular formula is C11H14N2O2. The molecule has 1 aromatic rings. The van der Waals surface area contributed by atoms with E-state index in [0.717, 1.165) is 5.56 Å². The van der Waals surface area contributed by atoms with Crippen LogP contribution < -0.4 is 0 Å². The molecule has 1 atom stereocenters. The van der Waals surface area contributed by atoms with E-state index in [1.54, 1.807) is 17.3 Å². The molecule has 1 aromatic heterocycles. The van der Waals surface area contributed by atoms with Crippen molar-refractivity contribution in [2.45, 2.75) is 26.0 Å². The fourth-order valence-electron chi connectivity index (χ4n) is 1.64. The summed E-state index contributed by atoms with van der Waals surface area (Å²) in [6.45, 7) is 4.57. The highest BCUT2D eigenvalue weighted by atomic mass is 16.6. The number of pyridine rings is 1. The van der Waals surface area contributed by atoms with Gasteiger partial charge < -0.3 is 9.64 Å². The fourth-order valence-corrected chi connectivity index (χ4v) is 1.64. The normalized spacial score (nSPS) is 20.9. The van der Waals surface area contributed by atoms with Gasteiger partial charge in [0.2, 0.25) is 0 Å². The summed E-state index contributed by atoms with van der Waals surface area (Å²) in [4.78, 5) is 17.2. The lowest BCUT2D eigenvalue weighted by Gasteiger charge is -2.16. The summed E-state index contributed by atoms with van der Waals surface area (Å²) in [5.74, 6) is 0. The Balaban J connectivity index is 2.13. The Hall–Kier alpha value is -1.58. The highest BCUT2D eigenvalue weighted by Crippen LogP contribution is 2.26. The summed E-state index contributed by atoms with van der Waals surface area (Å²) in [7, 11) is 0. The van der Waals surface area contributed by atoms with Gasteiger partial charge in [-0.2, -0.15) is 0 Å². The van der Waals surface area contributed by atoms with Crippen LogP contribution in [0.2, 0.25) is 0 Å². The second-order valence-electron chi connectivity index (χ2n) is 3.90. The number of rotatable bonds is 2. The first-order chi connectivity index (χ1) is 7.18. The van der Waals surface area contributed by atoms with Crippen LogP contribution in [0.25, 0.3) is 0 Å². The van der Waals surface area contributed by atoms with Crippen LogP contribution in [0.4, 0.5) is 4.79 Å². The van der Waals surface area contributed by atoms with Crippen LogP contribution >= 0.6 is 0 Å². The van der Waals surface area contributed by atoms with Crippen LogP contribution in [0, 0.1) is 0 Å². The number of cyclic esters (lactones) is 1. The van der Waals surface area contributed by atoms with Gasteiger partial charge in [0.25, 0.3) is 0 Å². The molecule has 4 heteroatoms. The largest absolute Gasteiger partial charge is 0.439 e. The minimum absolute atomic E-state index is 0.173. The predicted molar refractivity (Wildman–Crippen MR) is 55.3 cm³/mol. The Morgan fingerprint density at radius 1 is 1.60 bits per heavy atom. The van der Waals surface area contributed by atoms with Gasteiger partial charge in [-0.1, -0.05) is 6.07 Å². The van der Waals surface area contributed by atoms with Crippen LogP contribution in [0.3, 0.4) is 0 Å². The van der Waals surface area contributed by atoms with Crippen molar-refractivity contribution in [3.05, 3.63) is 30.1 Å². The highest BCUT2D eigenvalue weighted by molar-refractivity contribution is 5.70. The average molecular weight is 206 g/mol. The summed E-state index contributed by atoms with van der Waals surface area (Å²) in [6, 6.07) is 3.95. The lowest BCUT2D eigenvalue weighted by molar-refractivity contribution is 0.130. The number of carbonyl (C=O) groups is 1. The van der Waals surface area contributed by atoms with E-state index in [-0.39, 0.29) is 18.2 Å². The van der Waals surface area contributed by atoms with Crippen molar-refractivity contribution < 1.29 is 9.53 Å². The first-order valence-electron chi connectivity index (χ1n) is 5.05. The van der Waals surface area contributed by atoms with Gasteiger partial charge in [-0.15, -0.1) is 0 Å². The van der Waals surface area contributed by atoms with Crippen LogP contribution in [0.5, 0.6) is 0 Å². The first-order valence-corrected chi connectivity index (χ1v) is 5.05. The Bertz CT molecular complexity index is 351. The van der Waals surface area contributed by atoms with Gasteiger partial charge in [0, 0.05) is 24.0 Å². The molecular weight excluding hydrogens is 192 g/mol. The molecule has 1 aliphatic heterocycles. The monoisotopic (exact) mass is 206 g/mol. The van der Waals surface area contributed by atoms with Gasteiger partial charge in [-0.25, -0.2) is 4.79 Å². The number of amides is 1. The van der Waals surface area contributed by atoms with Gasteiger partial charge in [0.05, 0.1) is 6.54 Å². The molecule has 1 fully saturated rings. The molecule has 0 radical (unpaired) electrons. The van der Waals surface area contributed by atoms with E-state index in [9.17, 15) is 4.79 Å². The van der Waals surface area contributed by atoms with Crippen molar-refractivity contribution in [2.24, 2.45) is 0 Å². The van der Waals surface area contributed by atoms with Crippen LogP contribution in [0.1, 0.15) is 25.5 Å². The zero-order valence-electron chi connectivity index (χ0n) is 8.88. The molecule has 1 unspecified atom stereocenters. The van der Waals surface area contributed by atoms with Crippen molar-refractivity contribution in [1.29, 1.82) is 0 Å². The molecule has 0 saturated carbocycles. The molecule has 4 nitrogen and oxygen atoms in total. The number of hydrogen-bond donors (Lipinski definition) is 0. The second-order valence-corrected chi connectivity index (χ2v) is 3.90. The van der Waals surface area contributed by atoms with Gasteiger partial charge in [0.1, 0.15) is 6.10 Å². The van der Waals surface area contributed by atoms with Crippen LogP contribution in [0.15, 0.2) is 24.5 Å². The van der Waals surface area contributed by atoms with Gasteiger partial charge in [-0.3, -0.25) is 4.98 Å². The van der Waals surface area contributed by atoms with Crippen molar-refractivity contribution >= 4 is 6.09 Å². The van der Waals surface area contributed by atoms with Crippen molar-refractivity contribution in [1.82, 2.24) is 9.88 Å². The van der Waals surface area contributed by atoms with E-state index in [1.165, 1.54) is 0 Å². The molecule has 15 heavy (non-hydrogen) atoms. The molecule has 0 spiro atoms. The second kappa shape index (κ2) is 3.88. The van der Waals surface area contributed by atoms with Crippen LogP contribution in [-0.4, -0.2) is 28.6 Å². The smallest absolute Gasteiger partial charge is 0.410 e. The lowest BCUT2D eigenvalue weighted by Crippen LogP contribution is -2.31. The maximum absolute atomic E-state index is 11.5. The molecule has 2 heterocycles. The third-order valence-electron chi connectivity index (χ3n) is 2.52. The number of ether oxygens (including phenoxy) is 1. The molecule has 1 saturated heterocycles. The Morgan fingerprint density at radius 2 is 2.40 bits per heavy atom. The van der Waals surface area contributed by atoms with Gasteiger partial charge in [-0.05, 0) is 19.9 Å². The summed E-state index contributed by atoms with van der Waals surface area (Å²) in [5, 5.41) is 0. The molecule has 0 aromatic carbocycles. The van der Waals surface area contributed by atoms with E-state index in [4.69, 9.17) is 4.74 Å². The minimum atomic E-state index is -0.237. The quantitative estimate of drug-likeness (QED) is 0.743. The van der Waals surface area contributed by atoms with Crippen molar-refractivity contribution in [3.63, 3.8) is 0 Å². The Morgan fingerprint density at radius 3 is 2.93 bits per heavy atom. The molecule has 1 amide bonds. The van der Waals surface area contributed by atoms with E-state index in [2.05, 4.69) is 4.98 Å². The van der Waals surface area contributed by atoms with E-state index in [1.807, 2.05) is 26.0 Å². The molecule has 2 rings (SSSR count). The summed E-state index contributed by atoms with van der Waals surface area (Å²) in [6.07, 6.45) is 3.04. The summed E-state index contributed by atoms with van der Waals surface area (Å²) < 4.78 is 5.27. The highest BCUT2D eigenvalue weighted by Gasteiger charge is 2.33. The van der Waals surface area contributed by atoms with E-state index < -0.39 is 0 Å². The predicted octanol–water partition coefficient (Wildman–Crippen LogP) is 1.98. The molecule has 1 aliphatic rings. The standard InChI is InChI=1S/C11H14N2O2/c1-8(2)13-7-10(15-11(13)14)9-4-3-5-12-6-9/h3-6,8,10H,7H2,1-2H3. The fraction of sp³-hybridized carbons (Fsp3) is 0.455. The van der Waals surface area contributed by atoms with Crippen molar-refractivity contribution in [2.75, 3.05) is 6.54 Å². The maximum Gasteiger partial charge on any atom is 0.410 e. The van der Waals surface area contributed by atoms with E-state index >= 15 is 0 Å². The molecule has 80 valence electrons. The van der Waals surface area contributed by atoms with Crippen molar-refractivity contribution in [3.8, 4) is 0 Å². The third-order valence-corrected chi connectivity index (χ3v) is 2.52. The van der Waals surface area contributed by atoms with Gasteiger partial charge >= 0.3 is 6.09 Å². The number of carbonyl (C=O) groups excluding carboxylic acids is 1. The maximum atomic E-state index is 11.5. The molecule has 0 aliphatic carbocycles. The summed E-state index contributed by atoms with van der Waals surface area (Å²) in [5.41, 5.74) is 0.953. The zero-order valence-corrected chi connectivity index (χ0v) is 8.88. The first kappa shape index (κ1) is 9.96. The minimum Gasteiger partial charge on any atom is -0.439 e. The molecule has 0 N–H and O–H groups in total. The molecule has 0 bridgehead atoms. The zero-order chi connectivity index (χ0) is 10.8. The SMILES string of the molecule is CC(C)N1CC(c2cccnc2)OC1=O. The number of hydrogen-bond acceptors (Lipinski definition) is 3. The topological polar surface area (TPSA) is 42.4 Å². The Labute approximate surface area is 88.9 Å². The summed E-state index contributed by atoms with van der Waals surface area (Å²) >= 11 is 0. The third kappa shape index (κ3) is 1.93. The lowest BCUT2D eigenvalue weighted by atomic mass is 10.1. The van der Waals surface area contributed by atoms with E-state index in [0.29, 0.717) is 6.54 Å². The number of aromatic nitrogens is 1. The van der Waals surface area contributed by atoms with Gasteiger partial charge in [0.15, 0.2) is 0 Å². The van der Waals surface area contributed by atoms with Crippen LogP contribution in [-0.2, 0) is 4.74 Å².